The highest BCUT2D eigenvalue weighted by Gasteiger charge is 2.21. The molecule has 0 bridgehead atoms. The Hall–Kier alpha value is -2.49. The molecule has 3 N–H and O–H groups in total. The summed E-state index contributed by atoms with van der Waals surface area (Å²) in [6.07, 6.45) is 0. The van der Waals surface area contributed by atoms with Gasteiger partial charge in [-0.2, -0.15) is 0 Å². The summed E-state index contributed by atoms with van der Waals surface area (Å²) in [7, 11) is 0. The molecule has 0 aliphatic heterocycles. The van der Waals surface area contributed by atoms with Crippen molar-refractivity contribution in [2.75, 3.05) is 5.73 Å². The summed E-state index contributed by atoms with van der Waals surface area (Å²) in [6, 6.07) is 12.0. The van der Waals surface area contributed by atoms with E-state index in [1.165, 1.54) is 0 Å². The highest BCUT2D eigenvalue weighted by atomic mass is 16.6. The normalized spacial score (nSPS) is 11.2. The number of hydrogen-bond donors (Lipinski definition) is 2. The quantitative estimate of drug-likeness (QED) is 0.653. The predicted molar refractivity (Wildman–Crippen MR) is 83.1 cm³/mol. The minimum atomic E-state index is -0.589. The van der Waals surface area contributed by atoms with Crippen LogP contribution in [0, 0.1) is 0 Å². The topological polar surface area (TPSA) is 72.5 Å². The number of carbonyl (C=O) groups is 1. The van der Waals surface area contributed by atoms with Crippen LogP contribution in [0.5, 0.6) is 5.75 Å². The number of phenols is 1. The SMILES string of the molecule is CC(C)(C)OC(=O)c1cccc(-c2ccccc2O)c1N. The van der Waals surface area contributed by atoms with Crippen LogP contribution in [-0.2, 0) is 4.74 Å². The molecule has 0 fully saturated rings. The van der Waals surface area contributed by atoms with Crippen LogP contribution in [0.1, 0.15) is 31.1 Å². The fourth-order valence-electron chi connectivity index (χ4n) is 2.01. The van der Waals surface area contributed by atoms with E-state index in [-0.39, 0.29) is 5.75 Å². The highest BCUT2D eigenvalue weighted by Crippen LogP contribution is 2.34. The molecule has 0 atom stereocenters. The lowest BCUT2D eigenvalue weighted by Gasteiger charge is -2.20. The Bertz CT molecular complexity index is 672. The second-order valence-corrected chi connectivity index (χ2v) is 5.79. The highest BCUT2D eigenvalue weighted by molar-refractivity contribution is 6.00. The van der Waals surface area contributed by atoms with Crippen LogP contribution in [0.3, 0.4) is 0 Å². The Labute approximate surface area is 124 Å². The molecule has 0 saturated carbocycles. The fraction of sp³-hybridized carbons (Fsp3) is 0.235. The Morgan fingerprint density at radius 3 is 2.29 bits per heavy atom. The molecule has 0 spiro atoms. The van der Waals surface area contributed by atoms with E-state index in [2.05, 4.69) is 0 Å². The van der Waals surface area contributed by atoms with Crippen LogP contribution >= 0.6 is 0 Å². The summed E-state index contributed by atoms with van der Waals surface area (Å²) >= 11 is 0. The van der Waals surface area contributed by atoms with E-state index in [1.54, 1.807) is 63.2 Å². The lowest BCUT2D eigenvalue weighted by Crippen LogP contribution is -2.24. The standard InChI is InChI=1S/C17H19NO3/c1-17(2,3)21-16(20)13-9-6-8-12(15(13)18)11-7-4-5-10-14(11)19/h4-10,19H,18H2,1-3H3. The van der Waals surface area contributed by atoms with Crippen molar-refractivity contribution < 1.29 is 14.6 Å². The molecule has 0 saturated heterocycles. The largest absolute Gasteiger partial charge is 0.507 e. The van der Waals surface area contributed by atoms with Gasteiger partial charge in [-0.05, 0) is 32.9 Å². The van der Waals surface area contributed by atoms with Crippen molar-refractivity contribution in [3.05, 3.63) is 48.0 Å². The van der Waals surface area contributed by atoms with Crippen LogP contribution in [0.4, 0.5) is 5.69 Å². The summed E-state index contributed by atoms with van der Waals surface area (Å²) < 4.78 is 5.34. The molecule has 0 unspecified atom stereocenters. The zero-order valence-corrected chi connectivity index (χ0v) is 12.4. The number of phenolic OH excluding ortho intramolecular Hbond substituents is 1. The van der Waals surface area contributed by atoms with Gasteiger partial charge in [0.2, 0.25) is 0 Å². The van der Waals surface area contributed by atoms with Crippen molar-refractivity contribution in [2.24, 2.45) is 0 Å². The number of hydrogen-bond acceptors (Lipinski definition) is 4. The summed E-state index contributed by atoms with van der Waals surface area (Å²) in [6.45, 7) is 5.40. The van der Waals surface area contributed by atoms with Crippen molar-refractivity contribution in [1.29, 1.82) is 0 Å². The van der Waals surface area contributed by atoms with E-state index in [9.17, 15) is 9.90 Å². The minimum absolute atomic E-state index is 0.116. The lowest BCUT2D eigenvalue weighted by molar-refractivity contribution is 0.00708. The second kappa shape index (κ2) is 5.48. The Morgan fingerprint density at radius 2 is 1.67 bits per heavy atom. The zero-order chi connectivity index (χ0) is 15.6. The monoisotopic (exact) mass is 285 g/mol. The third kappa shape index (κ3) is 3.34. The van der Waals surface area contributed by atoms with Crippen LogP contribution in [0.25, 0.3) is 11.1 Å². The molecule has 0 amide bonds. The molecule has 2 aromatic rings. The van der Waals surface area contributed by atoms with Gasteiger partial charge < -0.3 is 15.6 Å². The molecule has 0 aromatic heterocycles. The molecule has 21 heavy (non-hydrogen) atoms. The van der Waals surface area contributed by atoms with Gasteiger partial charge in [0.25, 0.3) is 0 Å². The molecule has 0 heterocycles. The number of nitrogens with two attached hydrogens (primary N) is 1. The summed E-state index contributed by atoms with van der Waals surface area (Å²) in [5.41, 5.74) is 7.29. The van der Waals surface area contributed by atoms with E-state index in [4.69, 9.17) is 10.5 Å². The molecule has 4 heteroatoms. The number of anilines is 1. The lowest BCUT2D eigenvalue weighted by atomic mass is 9.99. The Kier molecular flexibility index (Phi) is 3.89. The first-order valence-electron chi connectivity index (χ1n) is 6.70. The molecule has 0 radical (unpaired) electrons. The number of aromatic hydroxyl groups is 1. The summed E-state index contributed by atoms with van der Waals surface area (Å²) in [4.78, 5) is 12.2. The second-order valence-electron chi connectivity index (χ2n) is 5.79. The van der Waals surface area contributed by atoms with Crippen molar-refractivity contribution in [2.45, 2.75) is 26.4 Å². The van der Waals surface area contributed by atoms with E-state index >= 15 is 0 Å². The number of esters is 1. The average Bonchev–Trinajstić information content (AvgIpc) is 2.38. The van der Waals surface area contributed by atoms with Gasteiger partial charge >= 0.3 is 5.97 Å². The molecule has 2 rings (SSSR count). The first-order chi connectivity index (χ1) is 9.79. The van der Waals surface area contributed by atoms with Gasteiger partial charge in [0, 0.05) is 11.1 Å². The molecule has 0 aliphatic rings. The maximum absolute atomic E-state index is 12.2. The van der Waals surface area contributed by atoms with Gasteiger partial charge in [0.1, 0.15) is 11.4 Å². The van der Waals surface area contributed by atoms with Gasteiger partial charge in [-0.3, -0.25) is 0 Å². The third-order valence-corrected chi connectivity index (χ3v) is 2.92. The average molecular weight is 285 g/mol. The van der Waals surface area contributed by atoms with Crippen LogP contribution < -0.4 is 5.73 Å². The number of ether oxygens (including phenoxy) is 1. The van der Waals surface area contributed by atoms with Gasteiger partial charge in [-0.1, -0.05) is 30.3 Å². The Morgan fingerprint density at radius 1 is 1.05 bits per heavy atom. The number of benzene rings is 2. The number of nitrogen functional groups attached to an aromatic ring is 1. The predicted octanol–water partition coefficient (Wildman–Crippen LogP) is 3.60. The van der Waals surface area contributed by atoms with Crippen LogP contribution in [-0.4, -0.2) is 16.7 Å². The Balaban J connectivity index is 2.47. The summed E-state index contributed by atoms with van der Waals surface area (Å²) in [5, 5.41) is 9.93. The van der Waals surface area contributed by atoms with Gasteiger partial charge in [0.05, 0.1) is 11.3 Å². The number of para-hydroxylation sites is 2. The minimum Gasteiger partial charge on any atom is -0.507 e. The molecule has 0 aliphatic carbocycles. The van der Waals surface area contributed by atoms with Crippen molar-refractivity contribution >= 4 is 11.7 Å². The zero-order valence-electron chi connectivity index (χ0n) is 12.4. The fourth-order valence-corrected chi connectivity index (χ4v) is 2.01. The molecular formula is C17H19NO3. The van der Waals surface area contributed by atoms with Crippen molar-refractivity contribution in [1.82, 2.24) is 0 Å². The van der Waals surface area contributed by atoms with E-state index in [0.29, 0.717) is 22.4 Å². The van der Waals surface area contributed by atoms with Gasteiger partial charge in [-0.15, -0.1) is 0 Å². The van der Waals surface area contributed by atoms with Crippen LogP contribution in [0.15, 0.2) is 42.5 Å². The van der Waals surface area contributed by atoms with E-state index < -0.39 is 11.6 Å². The maximum Gasteiger partial charge on any atom is 0.340 e. The third-order valence-electron chi connectivity index (χ3n) is 2.92. The van der Waals surface area contributed by atoms with Gasteiger partial charge in [-0.25, -0.2) is 4.79 Å². The van der Waals surface area contributed by atoms with Gasteiger partial charge in [0.15, 0.2) is 0 Å². The van der Waals surface area contributed by atoms with Crippen LogP contribution in [0.2, 0.25) is 0 Å². The molecule has 4 nitrogen and oxygen atoms in total. The summed E-state index contributed by atoms with van der Waals surface area (Å²) in [5.74, 6) is -0.359. The molecule has 110 valence electrons. The van der Waals surface area contributed by atoms with Crippen molar-refractivity contribution in [3.8, 4) is 16.9 Å². The smallest absolute Gasteiger partial charge is 0.340 e. The molecule has 2 aromatic carbocycles. The maximum atomic E-state index is 12.2. The first kappa shape index (κ1) is 14.9. The van der Waals surface area contributed by atoms with E-state index in [1.807, 2.05) is 0 Å². The number of carbonyl (C=O) groups excluding carboxylic acids is 1. The van der Waals surface area contributed by atoms with E-state index in [0.717, 1.165) is 0 Å². The molecular weight excluding hydrogens is 266 g/mol. The first-order valence-corrected chi connectivity index (χ1v) is 6.70. The number of rotatable bonds is 2. The van der Waals surface area contributed by atoms with Crippen molar-refractivity contribution in [3.63, 3.8) is 0 Å².